The smallest absolute Gasteiger partial charge is 0.00139 e. The van der Waals surface area contributed by atoms with Crippen LogP contribution in [0.5, 0.6) is 0 Å². The fraction of sp³-hybridized carbons (Fsp3) is 0.143. The molecule has 0 amide bonds. The molecule has 0 heterocycles. The zero-order valence-corrected chi connectivity index (χ0v) is 8.72. The van der Waals surface area contributed by atoms with E-state index in [1.807, 2.05) is 25.2 Å². The van der Waals surface area contributed by atoms with E-state index < -0.39 is 0 Å². The lowest BCUT2D eigenvalue weighted by Gasteiger charge is -1.99. The summed E-state index contributed by atoms with van der Waals surface area (Å²) in [6, 6.07) is 0. The average molecular weight is 184 g/mol. The Bertz CT molecular complexity index is 359. The van der Waals surface area contributed by atoms with Crippen LogP contribution in [0.1, 0.15) is 13.3 Å². The molecule has 0 saturated carbocycles. The number of allylic oxidation sites excluding steroid dienone is 9. The lowest BCUT2D eigenvalue weighted by molar-refractivity contribution is 1.26. The predicted octanol–water partition coefficient (Wildman–Crippen LogP) is 4.12. The topological polar surface area (TPSA) is 0 Å². The Balaban J connectivity index is 3.11. The van der Waals surface area contributed by atoms with Crippen LogP contribution in [0, 0.1) is 0 Å². The van der Waals surface area contributed by atoms with Crippen LogP contribution in [0.25, 0.3) is 0 Å². The minimum absolute atomic E-state index is 0.925. The third-order valence-corrected chi connectivity index (χ3v) is 2.34. The first-order chi connectivity index (χ1) is 6.74. The van der Waals surface area contributed by atoms with Crippen LogP contribution >= 0.6 is 0 Å². The molecule has 0 unspecified atom stereocenters. The molecule has 0 aromatic rings. The van der Waals surface area contributed by atoms with Gasteiger partial charge in [-0.15, -0.1) is 0 Å². The summed E-state index contributed by atoms with van der Waals surface area (Å²) in [6.45, 7) is 13.6. The maximum atomic E-state index is 4.08. The zero-order valence-electron chi connectivity index (χ0n) is 8.72. The van der Waals surface area contributed by atoms with Crippen molar-refractivity contribution in [1.29, 1.82) is 0 Å². The van der Waals surface area contributed by atoms with Gasteiger partial charge >= 0.3 is 0 Å². The predicted molar refractivity (Wildman–Crippen MR) is 64.1 cm³/mol. The van der Waals surface area contributed by atoms with E-state index in [0.717, 1.165) is 12.0 Å². The third-order valence-electron chi connectivity index (χ3n) is 2.34. The van der Waals surface area contributed by atoms with Crippen molar-refractivity contribution < 1.29 is 0 Å². The van der Waals surface area contributed by atoms with Gasteiger partial charge in [-0.1, -0.05) is 50.1 Å². The normalized spacial score (nSPS) is 19.8. The fourth-order valence-corrected chi connectivity index (χ4v) is 1.63. The summed E-state index contributed by atoms with van der Waals surface area (Å²) in [7, 11) is 0. The molecule has 0 radical (unpaired) electrons. The van der Waals surface area contributed by atoms with Crippen molar-refractivity contribution in [1.82, 2.24) is 0 Å². The zero-order chi connectivity index (χ0) is 10.6. The molecule has 0 heteroatoms. The van der Waals surface area contributed by atoms with Crippen LogP contribution < -0.4 is 0 Å². The molecule has 0 atom stereocenters. The highest BCUT2D eigenvalue weighted by Gasteiger charge is 2.17. The highest BCUT2D eigenvalue weighted by Crippen LogP contribution is 2.36. The highest BCUT2D eigenvalue weighted by molar-refractivity contribution is 5.62. The summed E-state index contributed by atoms with van der Waals surface area (Å²) in [5.74, 6) is 0. The lowest BCUT2D eigenvalue weighted by Crippen LogP contribution is -1.80. The molecule has 14 heavy (non-hydrogen) atoms. The third kappa shape index (κ3) is 1.85. The van der Waals surface area contributed by atoms with Crippen molar-refractivity contribution in [3.05, 3.63) is 72.4 Å². The van der Waals surface area contributed by atoms with Gasteiger partial charge in [0, 0.05) is 0 Å². The van der Waals surface area contributed by atoms with E-state index in [-0.39, 0.29) is 0 Å². The second-order valence-corrected chi connectivity index (χ2v) is 3.23. The summed E-state index contributed by atoms with van der Waals surface area (Å²) in [5, 5.41) is 0. The molecule has 1 aliphatic rings. The maximum absolute atomic E-state index is 4.08. The minimum Gasteiger partial charge on any atom is -0.0991 e. The van der Waals surface area contributed by atoms with Crippen LogP contribution in [0.15, 0.2) is 72.4 Å². The molecule has 0 saturated heterocycles. The molecular weight excluding hydrogens is 168 g/mol. The van der Waals surface area contributed by atoms with E-state index in [9.17, 15) is 0 Å². The molecule has 0 spiro atoms. The van der Waals surface area contributed by atoms with E-state index in [1.54, 1.807) is 6.08 Å². The number of hydrogen-bond donors (Lipinski definition) is 0. The van der Waals surface area contributed by atoms with Crippen molar-refractivity contribution in [2.24, 2.45) is 0 Å². The molecular formula is C14H16. The summed E-state index contributed by atoms with van der Waals surface area (Å²) in [6.07, 6.45) is 10.8. The Morgan fingerprint density at radius 1 is 1.29 bits per heavy atom. The summed E-state index contributed by atoms with van der Waals surface area (Å²) >= 11 is 0. The molecule has 0 aromatic carbocycles. The molecule has 72 valence electrons. The Kier molecular flexibility index (Phi) is 3.47. The summed E-state index contributed by atoms with van der Waals surface area (Å²) < 4.78 is 0. The molecule has 0 nitrogen and oxygen atoms in total. The van der Waals surface area contributed by atoms with Gasteiger partial charge in [0.25, 0.3) is 0 Å². The van der Waals surface area contributed by atoms with Gasteiger partial charge in [-0.2, -0.15) is 0 Å². The van der Waals surface area contributed by atoms with Crippen LogP contribution in [0.3, 0.4) is 0 Å². The molecule has 0 fully saturated rings. The van der Waals surface area contributed by atoms with Crippen LogP contribution in [-0.4, -0.2) is 0 Å². The van der Waals surface area contributed by atoms with Gasteiger partial charge in [0.1, 0.15) is 0 Å². The monoisotopic (exact) mass is 184 g/mol. The first-order valence-corrected chi connectivity index (χ1v) is 4.74. The Hall–Kier alpha value is -1.56. The first-order valence-electron chi connectivity index (χ1n) is 4.74. The van der Waals surface area contributed by atoms with Gasteiger partial charge in [0.15, 0.2) is 0 Å². The van der Waals surface area contributed by atoms with E-state index in [4.69, 9.17) is 0 Å². The van der Waals surface area contributed by atoms with E-state index in [1.165, 1.54) is 16.7 Å². The Labute approximate surface area is 86.3 Å². The largest absolute Gasteiger partial charge is 0.0991 e. The molecule has 1 rings (SSSR count). The lowest BCUT2D eigenvalue weighted by atomic mass is 10.1. The van der Waals surface area contributed by atoms with Crippen molar-refractivity contribution >= 4 is 0 Å². The quantitative estimate of drug-likeness (QED) is 0.619. The molecule has 1 aliphatic carbocycles. The fourth-order valence-electron chi connectivity index (χ4n) is 1.63. The van der Waals surface area contributed by atoms with Crippen molar-refractivity contribution in [3.63, 3.8) is 0 Å². The van der Waals surface area contributed by atoms with Crippen LogP contribution in [0.4, 0.5) is 0 Å². The van der Waals surface area contributed by atoms with Crippen molar-refractivity contribution in [2.75, 3.05) is 0 Å². The number of hydrogen-bond acceptors (Lipinski definition) is 0. The van der Waals surface area contributed by atoms with Crippen molar-refractivity contribution in [3.8, 4) is 0 Å². The van der Waals surface area contributed by atoms with Gasteiger partial charge in [0.05, 0.1) is 0 Å². The van der Waals surface area contributed by atoms with Gasteiger partial charge in [-0.05, 0) is 35.6 Å². The highest BCUT2D eigenvalue weighted by atomic mass is 14.2. The first kappa shape index (κ1) is 10.5. The molecule has 0 bridgehead atoms. The maximum Gasteiger partial charge on any atom is -0.00139 e. The van der Waals surface area contributed by atoms with Gasteiger partial charge in [-0.3, -0.25) is 0 Å². The second kappa shape index (κ2) is 4.61. The summed E-state index contributed by atoms with van der Waals surface area (Å²) in [5.41, 5.74) is 4.79. The standard InChI is InChI=1S/C14H16/c1-5-8-13-10-12(7-3)14(9-6-2)11(13)4/h5-9H,1,3-4,10H2,2H3/b9-6-,13-8-. The van der Waals surface area contributed by atoms with E-state index in [2.05, 4.69) is 25.8 Å². The van der Waals surface area contributed by atoms with Crippen molar-refractivity contribution in [2.45, 2.75) is 13.3 Å². The second-order valence-electron chi connectivity index (χ2n) is 3.23. The van der Waals surface area contributed by atoms with E-state index in [0.29, 0.717) is 0 Å². The molecule has 0 aliphatic heterocycles. The van der Waals surface area contributed by atoms with Gasteiger partial charge in [-0.25, -0.2) is 0 Å². The van der Waals surface area contributed by atoms with Crippen LogP contribution in [-0.2, 0) is 0 Å². The number of rotatable bonds is 3. The van der Waals surface area contributed by atoms with E-state index >= 15 is 0 Å². The summed E-state index contributed by atoms with van der Waals surface area (Å²) in [4.78, 5) is 0. The van der Waals surface area contributed by atoms with Gasteiger partial charge < -0.3 is 0 Å². The Morgan fingerprint density at radius 3 is 2.50 bits per heavy atom. The molecule has 0 N–H and O–H groups in total. The van der Waals surface area contributed by atoms with Gasteiger partial charge in [0.2, 0.25) is 0 Å². The van der Waals surface area contributed by atoms with Crippen LogP contribution in [0.2, 0.25) is 0 Å². The average Bonchev–Trinajstić information content (AvgIpc) is 2.47. The minimum atomic E-state index is 0.925. The Morgan fingerprint density at radius 2 is 2.00 bits per heavy atom. The molecule has 0 aromatic heterocycles. The SMILES string of the molecule is C=C/C=C1/CC(C=C)=C(/C=C\C)C1=C.